The molecule has 3 aromatic carbocycles. The molecule has 224 valence electrons. The molecule has 2 N–H and O–H groups in total. The predicted octanol–water partition coefficient (Wildman–Crippen LogP) is 4.84. The van der Waals surface area contributed by atoms with Gasteiger partial charge in [-0.2, -0.15) is 0 Å². The summed E-state index contributed by atoms with van der Waals surface area (Å²) in [6.07, 6.45) is -0.224. The van der Waals surface area contributed by atoms with Gasteiger partial charge >= 0.3 is 12.0 Å². The zero-order valence-electron chi connectivity index (χ0n) is 24.4. The number of imide groups is 1. The van der Waals surface area contributed by atoms with Gasteiger partial charge in [0.2, 0.25) is 12.7 Å². The summed E-state index contributed by atoms with van der Waals surface area (Å²) in [6, 6.07) is 20.7. The van der Waals surface area contributed by atoms with Crippen LogP contribution < -0.4 is 14.8 Å². The lowest BCUT2D eigenvalue weighted by Crippen LogP contribution is -2.52. The fourth-order valence-electron chi connectivity index (χ4n) is 5.67. The third-order valence-corrected chi connectivity index (χ3v) is 7.93. The van der Waals surface area contributed by atoms with Crippen LogP contribution in [0.5, 0.6) is 11.5 Å². The van der Waals surface area contributed by atoms with Crippen molar-refractivity contribution in [2.45, 2.75) is 57.8 Å². The first-order chi connectivity index (χ1) is 20.6. The number of carboxylic acids is 1. The molecule has 2 heterocycles. The van der Waals surface area contributed by atoms with Crippen molar-refractivity contribution in [1.29, 1.82) is 0 Å². The molecule has 0 bridgehead atoms. The summed E-state index contributed by atoms with van der Waals surface area (Å²) in [7, 11) is 0. The number of rotatable bonds is 11. The molecule has 3 atom stereocenters. The molecule has 0 aliphatic carbocycles. The number of carbonyl (C=O) groups excluding carboxylic acids is 3. The minimum absolute atomic E-state index is 0.0457. The van der Waals surface area contributed by atoms with E-state index >= 15 is 0 Å². The van der Waals surface area contributed by atoms with Crippen LogP contribution in [0.2, 0.25) is 0 Å². The molecule has 4 amide bonds. The van der Waals surface area contributed by atoms with Gasteiger partial charge in [-0.1, -0.05) is 80.6 Å². The first-order valence-corrected chi connectivity index (χ1v) is 14.3. The summed E-state index contributed by atoms with van der Waals surface area (Å²) in [5, 5.41) is 12.5. The molecule has 5 rings (SSSR count). The van der Waals surface area contributed by atoms with Gasteiger partial charge in [-0.15, -0.1) is 0 Å². The average molecular weight is 586 g/mol. The normalized spacial score (nSPS) is 19.1. The maximum absolute atomic E-state index is 14.4. The van der Waals surface area contributed by atoms with E-state index < -0.39 is 47.9 Å². The van der Waals surface area contributed by atoms with E-state index in [0.29, 0.717) is 22.6 Å². The Hall–Kier alpha value is -4.86. The Morgan fingerprint density at radius 2 is 1.60 bits per heavy atom. The maximum Gasteiger partial charge on any atom is 0.329 e. The van der Waals surface area contributed by atoms with Crippen LogP contribution in [-0.2, 0) is 26.5 Å². The van der Waals surface area contributed by atoms with Gasteiger partial charge in [-0.3, -0.25) is 14.4 Å². The van der Waals surface area contributed by atoms with E-state index in [1.807, 2.05) is 62.4 Å². The smallest absolute Gasteiger partial charge is 0.329 e. The fourth-order valence-corrected chi connectivity index (χ4v) is 5.67. The molecule has 0 unspecified atom stereocenters. The summed E-state index contributed by atoms with van der Waals surface area (Å²) in [4.78, 5) is 57.1. The van der Waals surface area contributed by atoms with Crippen LogP contribution in [0, 0.1) is 5.92 Å². The summed E-state index contributed by atoms with van der Waals surface area (Å²) in [5.74, 6) is -1.35. The standard InChI is InChI=1S/C33H35N3O7/c1-21(2)16-26(30(39)34-25(18-29(37)38)23-14-15-27-28(17-23)43-20-42-27)36-31(40)33(3,24-12-8-5-9-13-24)35(32(36)41)19-22-10-6-4-7-11-22/h4-15,17,21,25-26H,16,18-20H2,1-3H3,(H,34,39)(H,37,38)/t25-,26-,33-/m0/s1. The second-order valence-electron chi connectivity index (χ2n) is 11.4. The fraction of sp³-hybridized carbons (Fsp3) is 0.333. The molecule has 2 aliphatic heterocycles. The molecule has 43 heavy (non-hydrogen) atoms. The van der Waals surface area contributed by atoms with Crippen molar-refractivity contribution in [1.82, 2.24) is 15.1 Å². The highest BCUT2D eigenvalue weighted by Crippen LogP contribution is 2.40. The number of amides is 4. The van der Waals surface area contributed by atoms with Crippen LogP contribution in [0.4, 0.5) is 4.79 Å². The largest absolute Gasteiger partial charge is 0.481 e. The van der Waals surface area contributed by atoms with E-state index in [4.69, 9.17) is 9.47 Å². The van der Waals surface area contributed by atoms with Crippen molar-refractivity contribution < 1.29 is 33.8 Å². The second kappa shape index (κ2) is 12.2. The molecular formula is C33H35N3O7. The van der Waals surface area contributed by atoms with E-state index in [9.17, 15) is 24.3 Å². The van der Waals surface area contributed by atoms with E-state index in [2.05, 4.69) is 5.32 Å². The van der Waals surface area contributed by atoms with Crippen LogP contribution in [0.15, 0.2) is 78.9 Å². The Balaban J connectivity index is 1.51. The number of ether oxygens (including phenoxy) is 2. The first-order valence-electron chi connectivity index (χ1n) is 14.3. The molecule has 0 radical (unpaired) electrons. The Labute approximate surface area is 250 Å². The second-order valence-corrected chi connectivity index (χ2v) is 11.4. The first kappa shape index (κ1) is 29.6. The van der Waals surface area contributed by atoms with E-state index in [-0.39, 0.29) is 25.7 Å². The highest BCUT2D eigenvalue weighted by atomic mass is 16.7. The van der Waals surface area contributed by atoms with Crippen molar-refractivity contribution in [3.8, 4) is 11.5 Å². The molecule has 0 saturated carbocycles. The average Bonchev–Trinajstić information content (AvgIpc) is 3.53. The van der Waals surface area contributed by atoms with Crippen molar-refractivity contribution in [3.63, 3.8) is 0 Å². The van der Waals surface area contributed by atoms with E-state index in [1.165, 1.54) is 4.90 Å². The van der Waals surface area contributed by atoms with Crippen molar-refractivity contribution >= 4 is 23.8 Å². The Morgan fingerprint density at radius 3 is 2.26 bits per heavy atom. The third-order valence-electron chi connectivity index (χ3n) is 7.93. The highest BCUT2D eigenvalue weighted by molar-refractivity contribution is 6.10. The van der Waals surface area contributed by atoms with Crippen LogP contribution in [0.1, 0.15) is 56.3 Å². The van der Waals surface area contributed by atoms with Crippen LogP contribution in [0.3, 0.4) is 0 Å². The molecule has 1 fully saturated rings. The number of aliphatic carboxylic acids is 1. The van der Waals surface area contributed by atoms with Crippen molar-refractivity contribution in [2.24, 2.45) is 5.92 Å². The van der Waals surface area contributed by atoms with Crippen molar-refractivity contribution in [3.05, 3.63) is 95.6 Å². The number of carbonyl (C=O) groups is 4. The zero-order valence-corrected chi connectivity index (χ0v) is 24.4. The monoisotopic (exact) mass is 585 g/mol. The van der Waals surface area contributed by atoms with Crippen LogP contribution in [-0.4, -0.2) is 51.6 Å². The summed E-state index contributed by atoms with van der Waals surface area (Å²) in [5.41, 5.74) is 0.588. The third kappa shape index (κ3) is 5.90. The lowest BCUT2D eigenvalue weighted by Gasteiger charge is -2.32. The zero-order chi connectivity index (χ0) is 30.7. The molecule has 0 aromatic heterocycles. The lowest BCUT2D eigenvalue weighted by atomic mass is 9.89. The molecule has 0 spiro atoms. The Morgan fingerprint density at radius 1 is 0.953 bits per heavy atom. The minimum Gasteiger partial charge on any atom is -0.481 e. The van der Waals surface area contributed by atoms with Crippen molar-refractivity contribution in [2.75, 3.05) is 6.79 Å². The lowest BCUT2D eigenvalue weighted by molar-refractivity contribution is -0.141. The van der Waals surface area contributed by atoms with Crippen LogP contribution in [0.25, 0.3) is 0 Å². The predicted molar refractivity (Wildman–Crippen MR) is 157 cm³/mol. The number of benzene rings is 3. The number of hydrogen-bond acceptors (Lipinski definition) is 6. The van der Waals surface area contributed by atoms with E-state index in [0.717, 1.165) is 10.5 Å². The van der Waals surface area contributed by atoms with Gasteiger partial charge in [0.25, 0.3) is 5.91 Å². The number of nitrogens with zero attached hydrogens (tertiary/aromatic N) is 2. The van der Waals surface area contributed by atoms with Gasteiger partial charge in [-0.25, -0.2) is 9.69 Å². The SMILES string of the molecule is CC(C)C[C@@H](C(=O)N[C@@H](CC(=O)O)c1ccc2c(c1)OCO2)N1C(=O)N(Cc2ccccc2)[C@@](C)(c2ccccc2)C1=O. The van der Waals surface area contributed by atoms with Crippen LogP contribution >= 0.6 is 0 Å². The summed E-state index contributed by atoms with van der Waals surface area (Å²) in [6.45, 7) is 5.70. The highest BCUT2D eigenvalue weighted by Gasteiger charge is 2.58. The maximum atomic E-state index is 14.4. The quantitative estimate of drug-likeness (QED) is 0.309. The Kier molecular flexibility index (Phi) is 8.38. The topological polar surface area (TPSA) is 125 Å². The van der Waals surface area contributed by atoms with Gasteiger partial charge in [0.1, 0.15) is 11.6 Å². The van der Waals surface area contributed by atoms with Gasteiger partial charge in [0, 0.05) is 6.54 Å². The minimum atomic E-state index is -1.37. The number of fused-ring (bicyclic) bond motifs is 1. The Bertz CT molecular complexity index is 1510. The molecule has 10 heteroatoms. The number of urea groups is 1. The molecule has 2 aliphatic rings. The number of nitrogens with one attached hydrogen (secondary N) is 1. The molecule has 10 nitrogen and oxygen atoms in total. The van der Waals surface area contributed by atoms with Gasteiger partial charge in [0.05, 0.1) is 12.5 Å². The van der Waals surface area contributed by atoms with Gasteiger partial charge in [-0.05, 0) is 48.1 Å². The van der Waals surface area contributed by atoms with Gasteiger partial charge in [0.15, 0.2) is 11.5 Å². The summed E-state index contributed by atoms with van der Waals surface area (Å²) < 4.78 is 10.8. The number of carboxylic acid groups (broad SMARTS) is 1. The van der Waals surface area contributed by atoms with Gasteiger partial charge < -0.3 is 24.8 Å². The van der Waals surface area contributed by atoms with E-state index in [1.54, 1.807) is 37.3 Å². The molecule has 3 aromatic rings. The molecular weight excluding hydrogens is 550 g/mol. The number of hydrogen-bond donors (Lipinski definition) is 2. The summed E-state index contributed by atoms with van der Waals surface area (Å²) >= 11 is 0. The molecule has 1 saturated heterocycles.